The van der Waals surface area contributed by atoms with Crippen molar-refractivity contribution < 1.29 is 57.7 Å². The van der Waals surface area contributed by atoms with Crippen LogP contribution in [0.4, 0.5) is 0 Å². The van der Waals surface area contributed by atoms with Crippen molar-refractivity contribution in [1.82, 2.24) is 0 Å². The molecule has 3 rings (SSSR count). The van der Waals surface area contributed by atoms with Gasteiger partial charge in [0.25, 0.3) is 0 Å². The standard InChI is InChI=1S/C37H55Si.3ClH.Ti/c1-3-4-5-6-7-8-9-10-11-12-13-14-15-16-17-24-29-36-32(2)34(30-33-25-20-18-21-26-33)31-37(36)38-35-27-22-19-23-28-35;;;;/h18-23,25-28,36H,3-17,24,29-30,38H2,1-2H3;3*1H;/q;;;;+3/p-3. The zero-order valence-electron chi connectivity index (χ0n) is 26.4. The molecule has 0 spiro atoms. The summed E-state index contributed by atoms with van der Waals surface area (Å²) in [5.74, 6) is 0.697. The Balaban J connectivity index is 0.00000560. The van der Waals surface area contributed by atoms with E-state index < -0.39 is 9.52 Å². The van der Waals surface area contributed by atoms with E-state index in [1.165, 1.54) is 115 Å². The van der Waals surface area contributed by atoms with Crippen LogP contribution in [0, 0.1) is 5.92 Å². The molecule has 0 amide bonds. The van der Waals surface area contributed by atoms with Gasteiger partial charge in [-0.05, 0) is 0 Å². The Hall–Kier alpha value is -0.279. The van der Waals surface area contributed by atoms with Gasteiger partial charge in [-0.1, -0.05) is 58.3 Å². The molecular formula is C37H55Cl3SiTi. The molecule has 1 aliphatic carbocycles. The number of unbranched alkanes of at least 4 members (excludes halogenated alkanes) is 15. The average molecular weight is 682 g/mol. The third-order valence-electron chi connectivity index (χ3n) is 8.85. The molecule has 232 valence electrons. The van der Waals surface area contributed by atoms with Crippen molar-refractivity contribution in [2.24, 2.45) is 5.92 Å². The molecular weight excluding hydrogens is 627 g/mol. The van der Waals surface area contributed by atoms with E-state index in [1.807, 2.05) is 5.20 Å². The van der Waals surface area contributed by atoms with E-state index >= 15 is 0 Å². The average Bonchev–Trinajstić information content (AvgIpc) is 3.17. The maximum absolute atomic E-state index is 2.45. The van der Waals surface area contributed by atoms with Crippen molar-refractivity contribution in [2.75, 3.05) is 0 Å². The van der Waals surface area contributed by atoms with Crippen LogP contribution >= 0.6 is 0 Å². The second-order valence-corrected chi connectivity index (χ2v) is 14.7. The van der Waals surface area contributed by atoms with Crippen LogP contribution in [0.25, 0.3) is 0 Å². The fraction of sp³-hybridized carbons (Fsp3) is 0.568. The van der Waals surface area contributed by atoms with E-state index in [0.29, 0.717) is 5.92 Å². The van der Waals surface area contributed by atoms with Gasteiger partial charge in [0, 0.05) is 0 Å². The first kappa shape index (κ1) is 41.7. The minimum absolute atomic E-state index is 0. The minimum Gasteiger partial charge on any atom is -1.00 e. The Morgan fingerprint density at radius 2 is 1.02 bits per heavy atom. The van der Waals surface area contributed by atoms with Crippen LogP contribution in [0.2, 0.25) is 0 Å². The summed E-state index contributed by atoms with van der Waals surface area (Å²) in [5, 5.41) is 3.42. The van der Waals surface area contributed by atoms with Crippen LogP contribution in [-0.4, -0.2) is 9.52 Å². The van der Waals surface area contributed by atoms with Crippen molar-refractivity contribution in [1.29, 1.82) is 0 Å². The zero-order valence-corrected chi connectivity index (χ0v) is 31.7. The van der Waals surface area contributed by atoms with Crippen molar-refractivity contribution in [3.8, 4) is 0 Å². The summed E-state index contributed by atoms with van der Waals surface area (Å²) in [6.45, 7) is 4.75. The van der Waals surface area contributed by atoms with Crippen molar-refractivity contribution in [2.45, 2.75) is 129 Å². The van der Waals surface area contributed by atoms with E-state index in [4.69, 9.17) is 0 Å². The van der Waals surface area contributed by atoms with E-state index in [0.717, 1.165) is 6.42 Å². The molecule has 0 aromatic heterocycles. The van der Waals surface area contributed by atoms with E-state index in [2.05, 4.69) is 94.9 Å². The predicted molar refractivity (Wildman–Crippen MR) is 172 cm³/mol. The topological polar surface area (TPSA) is 0 Å². The van der Waals surface area contributed by atoms with Gasteiger partial charge in [-0.3, -0.25) is 0 Å². The smallest absolute Gasteiger partial charge is 1.00 e. The monoisotopic (exact) mass is 680 g/mol. The molecule has 42 heavy (non-hydrogen) atoms. The van der Waals surface area contributed by atoms with Crippen LogP contribution in [-0.2, 0) is 26.9 Å². The first-order valence-electron chi connectivity index (χ1n) is 16.4. The molecule has 0 bridgehead atoms. The molecule has 0 N–H and O–H groups in total. The summed E-state index contributed by atoms with van der Waals surface area (Å²) < 4.78 is 1.63. The number of hydrogen-bond donors (Lipinski definition) is 0. The second-order valence-electron chi connectivity index (χ2n) is 12.0. The molecule has 0 saturated carbocycles. The third-order valence-corrected chi connectivity index (χ3v) is 12.5. The molecule has 0 aliphatic heterocycles. The first-order chi connectivity index (χ1) is 19.2. The Morgan fingerprint density at radius 1 is 0.595 bits per heavy atom. The quantitative estimate of drug-likeness (QED) is 0.137. The summed E-state index contributed by atoms with van der Waals surface area (Å²) in [7, 11) is -0.412. The Labute approximate surface area is 292 Å². The molecule has 0 heterocycles. The first-order valence-corrected chi connectivity index (χ1v) is 18.6. The van der Waals surface area contributed by atoms with Crippen molar-refractivity contribution in [3.63, 3.8) is 0 Å². The molecule has 0 fully saturated rings. The van der Waals surface area contributed by atoms with Gasteiger partial charge in [0.2, 0.25) is 0 Å². The summed E-state index contributed by atoms with van der Waals surface area (Å²) in [5.41, 5.74) is 4.77. The fourth-order valence-corrected chi connectivity index (χ4v) is 9.61. The maximum Gasteiger partial charge on any atom is -1.00 e. The van der Waals surface area contributed by atoms with Crippen molar-refractivity contribution >= 4 is 14.7 Å². The third kappa shape index (κ3) is 15.6. The van der Waals surface area contributed by atoms with Gasteiger partial charge in [-0.15, -0.1) is 0 Å². The molecule has 0 saturated heterocycles. The van der Waals surface area contributed by atoms with Crippen LogP contribution < -0.4 is 42.4 Å². The van der Waals surface area contributed by atoms with Gasteiger partial charge in [-0.2, -0.15) is 0 Å². The van der Waals surface area contributed by atoms with Gasteiger partial charge in [0.15, 0.2) is 0 Å². The largest absolute Gasteiger partial charge is 1.00 e. The Kier molecular flexibility index (Phi) is 25.8. The normalized spacial score (nSPS) is 14.7. The van der Waals surface area contributed by atoms with Gasteiger partial charge in [0.1, 0.15) is 0 Å². The molecule has 1 aliphatic rings. The summed E-state index contributed by atoms with van der Waals surface area (Å²) in [6, 6.07) is 22.4. The van der Waals surface area contributed by atoms with Crippen LogP contribution in [0.3, 0.4) is 0 Å². The summed E-state index contributed by atoms with van der Waals surface area (Å²) in [6.07, 6.45) is 25.5. The van der Waals surface area contributed by atoms with Gasteiger partial charge >= 0.3 is 199 Å². The maximum atomic E-state index is 2.45. The molecule has 1 atom stereocenters. The number of halogens is 3. The molecule has 0 nitrogen and oxygen atoms in total. The van der Waals surface area contributed by atoms with Gasteiger partial charge in [0.05, 0.1) is 0 Å². The second kappa shape index (κ2) is 26.0. The van der Waals surface area contributed by atoms with Gasteiger partial charge < -0.3 is 37.2 Å². The van der Waals surface area contributed by atoms with E-state index in [-0.39, 0.29) is 37.2 Å². The zero-order chi connectivity index (χ0) is 27.5. The SMILES string of the molecule is CCCCCCCCCCCCCCCCCCC1C(C)=C(Cc2ccccc2)[C]([Ti+3])=C1[SiH2]c1ccccc1.[Cl-].[Cl-].[Cl-]. The number of benzene rings is 2. The Morgan fingerprint density at radius 3 is 1.50 bits per heavy atom. The molecule has 0 radical (unpaired) electrons. The summed E-state index contributed by atoms with van der Waals surface area (Å²) >= 11 is 2.43. The van der Waals surface area contributed by atoms with Gasteiger partial charge in [-0.25, -0.2) is 0 Å². The van der Waals surface area contributed by atoms with Crippen LogP contribution in [0.15, 0.2) is 80.9 Å². The number of rotatable bonds is 21. The van der Waals surface area contributed by atoms with Crippen LogP contribution in [0.1, 0.15) is 129 Å². The molecule has 1 unspecified atom stereocenters. The van der Waals surface area contributed by atoms with E-state index in [9.17, 15) is 0 Å². The summed E-state index contributed by atoms with van der Waals surface area (Å²) in [4.78, 5) is 0. The fourth-order valence-electron chi connectivity index (χ4n) is 6.38. The number of hydrogen-bond acceptors (Lipinski definition) is 0. The molecule has 5 heteroatoms. The molecule has 2 aromatic carbocycles. The number of allylic oxidation sites excluding steroid dienone is 4. The van der Waals surface area contributed by atoms with E-state index in [1.54, 1.807) is 20.2 Å². The predicted octanol–water partition coefficient (Wildman–Crippen LogP) is 1.09. The Bertz CT molecular complexity index is 991. The van der Waals surface area contributed by atoms with Crippen LogP contribution in [0.5, 0.6) is 0 Å². The van der Waals surface area contributed by atoms with Crippen molar-refractivity contribution in [3.05, 3.63) is 86.4 Å². The minimum atomic E-state index is -0.412. The molecule has 2 aromatic rings.